The zero-order valence-electron chi connectivity index (χ0n) is 16.1. The summed E-state index contributed by atoms with van der Waals surface area (Å²) in [5, 5.41) is 4.98. The molecule has 1 aliphatic carbocycles. The highest BCUT2D eigenvalue weighted by atomic mass is 35.5. The second kappa shape index (κ2) is 8.35. The van der Waals surface area contributed by atoms with Gasteiger partial charge >= 0.3 is 5.97 Å². The fourth-order valence-corrected chi connectivity index (χ4v) is 3.43. The molecule has 0 fully saturated rings. The molecular formula is C24H17ClN2O3. The van der Waals surface area contributed by atoms with Gasteiger partial charge in [0.2, 0.25) is 0 Å². The molecule has 0 saturated heterocycles. The van der Waals surface area contributed by atoms with Gasteiger partial charge < -0.3 is 4.74 Å². The number of methoxy groups -OCH3 is 1. The smallest absolute Gasteiger partial charge is 0.356 e. The summed E-state index contributed by atoms with van der Waals surface area (Å²) in [6.45, 7) is 0. The highest BCUT2D eigenvalue weighted by molar-refractivity contribution is 6.30. The SMILES string of the molecule is COC(=O)C(=CC(=O)c1ccc(Cl)cc1)NN=C1c2ccccc2-c2ccccc21. The number of rotatable bonds is 5. The van der Waals surface area contributed by atoms with Gasteiger partial charge in [-0.2, -0.15) is 5.10 Å². The van der Waals surface area contributed by atoms with Crippen molar-refractivity contribution in [2.75, 3.05) is 7.11 Å². The molecule has 1 aliphatic rings. The minimum absolute atomic E-state index is 0.0631. The molecule has 0 radical (unpaired) electrons. The Kier molecular flexibility index (Phi) is 5.46. The zero-order chi connectivity index (χ0) is 21.1. The molecule has 5 nitrogen and oxygen atoms in total. The average Bonchev–Trinajstić information content (AvgIpc) is 3.10. The molecule has 0 heterocycles. The number of benzene rings is 3. The van der Waals surface area contributed by atoms with Crippen molar-refractivity contribution in [1.29, 1.82) is 0 Å². The van der Waals surface area contributed by atoms with E-state index < -0.39 is 5.97 Å². The molecule has 0 atom stereocenters. The number of ether oxygens (including phenoxy) is 1. The quantitative estimate of drug-likeness (QED) is 0.223. The van der Waals surface area contributed by atoms with Gasteiger partial charge in [0.05, 0.1) is 12.8 Å². The van der Waals surface area contributed by atoms with Crippen LogP contribution in [0.5, 0.6) is 0 Å². The van der Waals surface area contributed by atoms with Crippen molar-refractivity contribution in [1.82, 2.24) is 5.43 Å². The van der Waals surface area contributed by atoms with Crippen molar-refractivity contribution in [3.63, 3.8) is 0 Å². The van der Waals surface area contributed by atoms with Crippen molar-refractivity contribution in [2.24, 2.45) is 5.10 Å². The Bertz CT molecular complexity index is 1150. The topological polar surface area (TPSA) is 67.8 Å². The van der Waals surface area contributed by atoms with E-state index >= 15 is 0 Å². The third-order valence-corrected chi connectivity index (χ3v) is 5.00. The van der Waals surface area contributed by atoms with E-state index in [4.69, 9.17) is 16.3 Å². The third kappa shape index (κ3) is 3.75. The number of hydrazone groups is 1. The predicted octanol–water partition coefficient (Wildman–Crippen LogP) is 4.60. The van der Waals surface area contributed by atoms with E-state index in [2.05, 4.69) is 10.5 Å². The number of halogens is 1. The largest absolute Gasteiger partial charge is 0.464 e. The van der Waals surface area contributed by atoms with Crippen LogP contribution in [0.25, 0.3) is 11.1 Å². The molecule has 0 aliphatic heterocycles. The molecule has 30 heavy (non-hydrogen) atoms. The lowest BCUT2D eigenvalue weighted by molar-refractivity contribution is -0.136. The first-order chi connectivity index (χ1) is 14.6. The van der Waals surface area contributed by atoms with Crippen LogP contribution in [0, 0.1) is 0 Å². The maximum absolute atomic E-state index is 12.6. The lowest BCUT2D eigenvalue weighted by atomic mass is 10.1. The lowest BCUT2D eigenvalue weighted by Crippen LogP contribution is -2.20. The summed E-state index contributed by atoms with van der Waals surface area (Å²) in [5.74, 6) is -1.06. The normalized spacial score (nSPS) is 12.1. The average molecular weight is 417 g/mol. The molecule has 0 bridgehead atoms. The molecular weight excluding hydrogens is 400 g/mol. The summed E-state index contributed by atoms with van der Waals surface area (Å²) in [6, 6.07) is 22.2. The van der Waals surface area contributed by atoms with E-state index in [9.17, 15) is 9.59 Å². The summed E-state index contributed by atoms with van der Waals surface area (Å²) in [5.41, 5.74) is 7.77. The Morgan fingerprint density at radius 2 is 1.40 bits per heavy atom. The molecule has 0 amide bonds. The number of fused-ring (bicyclic) bond motifs is 3. The molecule has 3 aromatic rings. The van der Waals surface area contributed by atoms with Gasteiger partial charge in [-0.15, -0.1) is 0 Å². The van der Waals surface area contributed by atoms with Crippen molar-refractivity contribution >= 4 is 29.1 Å². The molecule has 6 heteroatoms. The van der Waals surface area contributed by atoms with E-state index in [0.717, 1.165) is 22.3 Å². The van der Waals surface area contributed by atoms with E-state index in [1.54, 1.807) is 24.3 Å². The number of carbonyl (C=O) groups is 2. The number of nitrogens with one attached hydrogen (secondary N) is 1. The van der Waals surface area contributed by atoms with Crippen LogP contribution in [-0.2, 0) is 9.53 Å². The molecule has 3 aromatic carbocycles. The third-order valence-electron chi connectivity index (χ3n) is 4.75. The summed E-state index contributed by atoms with van der Waals surface area (Å²) < 4.78 is 4.81. The number of hydrogen-bond donors (Lipinski definition) is 1. The standard InChI is InChI=1S/C24H17ClN2O3/c1-30-24(29)21(14-22(28)15-10-12-16(25)13-11-15)26-27-23-19-8-4-2-6-17(19)18-7-3-5-9-20(18)23/h2-14,26H,1H3. The van der Waals surface area contributed by atoms with Crippen molar-refractivity contribution in [2.45, 2.75) is 0 Å². The minimum Gasteiger partial charge on any atom is -0.464 e. The van der Waals surface area contributed by atoms with Crippen molar-refractivity contribution in [3.05, 3.63) is 106 Å². The number of allylic oxidation sites excluding steroid dienone is 1. The van der Waals surface area contributed by atoms with Gasteiger partial charge in [0.25, 0.3) is 0 Å². The molecule has 1 N–H and O–H groups in total. The first-order valence-corrected chi connectivity index (χ1v) is 9.59. The van der Waals surface area contributed by atoms with Gasteiger partial charge in [-0.3, -0.25) is 10.2 Å². The van der Waals surface area contributed by atoms with Crippen LogP contribution in [0.2, 0.25) is 5.02 Å². The summed E-state index contributed by atoms with van der Waals surface area (Å²) in [4.78, 5) is 24.8. The van der Waals surface area contributed by atoms with Gasteiger partial charge in [0, 0.05) is 27.8 Å². The zero-order valence-corrected chi connectivity index (χ0v) is 16.8. The molecule has 0 saturated carbocycles. The molecule has 4 rings (SSSR count). The first kappa shape index (κ1) is 19.6. The maximum atomic E-state index is 12.6. The minimum atomic E-state index is -0.693. The maximum Gasteiger partial charge on any atom is 0.356 e. The van der Waals surface area contributed by atoms with Gasteiger partial charge in [-0.25, -0.2) is 4.79 Å². The Hall–Kier alpha value is -3.70. The Labute approximate surface area is 178 Å². The number of esters is 1. The molecule has 0 spiro atoms. The Morgan fingerprint density at radius 1 is 0.867 bits per heavy atom. The summed E-state index contributed by atoms with van der Waals surface area (Å²) in [7, 11) is 1.25. The van der Waals surface area contributed by atoms with Gasteiger partial charge in [-0.05, 0) is 35.4 Å². The monoisotopic (exact) mass is 416 g/mol. The Balaban J connectivity index is 1.69. The van der Waals surface area contributed by atoms with Crippen LogP contribution in [0.3, 0.4) is 0 Å². The number of carbonyl (C=O) groups excluding carboxylic acids is 2. The second-order valence-electron chi connectivity index (χ2n) is 6.58. The van der Waals surface area contributed by atoms with E-state index in [1.165, 1.54) is 13.2 Å². The number of nitrogens with zero attached hydrogens (tertiary/aromatic N) is 1. The van der Waals surface area contributed by atoms with Crippen LogP contribution in [0.15, 0.2) is 89.7 Å². The Morgan fingerprint density at radius 3 is 1.93 bits per heavy atom. The van der Waals surface area contributed by atoms with E-state index in [0.29, 0.717) is 16.3 Å². The van der Waals surface area contributed by atoms with Crippen LogP contribution < -0.4 is 5.43 Å². The van der Waals surface area contributed by atoms with Crippen LogP contribution in [-0.4, -0.2) is 24.6 Å². The van der Waals surface area contributed by atoms with Crippen LogP contribution >= 0.6 is 11.6 Å². The van der Waals surface area contributed by atoms with Crippen LogP contribution in [0.4, 0.5) is 0 Å². The van der Waals surface area contributed by atoms with Gasteiger partial charge in [-0.1, -0.05) is 60.1 Å². The van der Waals surface area contributed by atoms with Crippen molar-refractivity contribution < 1.29 is 14.3 Å². The van der Waals surface area contributed by atoms with E-state index in [-0.39, 0.29) is 11.5 Å². The number of ketones is 1. The fraction of sp³-hybridized carbons (Fsp3) is 0.0417. The summed E-state index contributed by atoms with van der Waals surface area (Å²) >= 11 is 5.87. The highest BCUT2D eigenvalue weighted by Gasteiger charge is 2.24. The van der Waals surface area contributed by atoms with E-state index in [1.807, 2.05) is 48.5 Å². The molecule has 148 valence electrons. The molecule has 0 aromatic heterocycles. The predicted molar refractivity (Wildman–Crippen MR) is 117 cm³/mol. The number of hydrogen-bond acceptors (Lipinski definition) is 5. The first-order valence-electron chi connectivity index (χ1n) is 9.21. The van der Waals surface area contributed by atoms with Crippen LogP contribution in [0.1, 0.15) is 21.5 Å². The highest BCUT2D eigenvalue weighted by Crippen LogP contribution is 2.36. The fourth-order valence-electron chi connectivity index (χ4n) is 3.31. The van der Waals surface area contributed by atoms with Crippen molar-refractivity contribution in [3.8, 4) is 11.1 Å². The summed E-state index contributed by atoms with van der Waals surface area (Å²) in [6.07, 6.45) is 1.17. The van der Waals surface area contributed by atoms with Gasteiger partial charge in [0.1, 0.15) is 5.70 Å². The second-order valence-corrected chi connectivity index (χ2v) is 7.02. The molecule has 0 unspecified atom stereocenters. The lowest BCUT2D eigenvalue weighted by Gasteiger charge is -2.07. The van der Waals surface area contributed by atoms with Gasteiger partial charge in [0.15, 0.2) is 5.78 Å².